The predicted octanol–water partition coefficient (Wildman–Crippen LogP) is 8.22. The van der Waals surface area contributed by atoms with Crippen molar-refractivity contribution in [2.24, 2.45) is 0 Å². The molecule has 0 spiro atoms. The molecule has 184 valence electrons. The maximum Gasteiger partial charge on any atom is 0.0736 e. The molecule has 0 aliphatic carbocycles. The van der Waals surface area contributed by atoms with Gasteiger partial charge >= 0.3 is 0 Å². The lowest BCUT2D eigenvalue weighted by Gasteiger charge is -2.05. The van der Waals surface area contributed by atoms with E-state index in [1.807, 2.05) is 0 Å². The van der Waals surface area contributed by atoms with E-state index in [0.29, 0.717) is 0 Å². The van der Waals surface area contributed by atoms with Gasteiger partial charge in [0.25, 0.3) is 0 Å². The summed E-state index contributed by atoms with van der Waals surface area (Å²) in [4.78, 5) is 17.5. The monoisotopic (exact) mass is 492 g/mol. The number of aryl methyl sites for hydroxylation is 4. The summed E-state index contributed by atoms with van der Waals surface area (Å²) < 4.78 is 0. The number of fused-ring (bicyclic) bond motifs is 8. The van der Waals surface area contributed by atoms with Crippen molar-refractivity contribution in [3.05, 3.63) is 119 Å². The summed E-state index contributed by atoms with van der Waals surface area (Å²) >= 11 is 0. The van der Waals surface area contributed by atoms with Gasteiger partial charge in [-0.1, -0.05) is 59.7 Å². The minimum atomic E-state index is 0.911. The fourth-order valence-electron chi connectivity index (χ4n) is 5.40. The van der Waals surface area contributed by atoms with Crippen molar-refractivity contribution in [3.63, 3.8) is 0 Å². The largest absolute Gasteiger partial charge is 0.355 e. The molecule has 8 bridgehead atoms. The molecule has 0 atom stereocenters. The Hall–Kier alpha value is -4.70. The standard InChI is InChI=1S/C34H28N4/c1-21-3-7-23(8-4-21)33-29-15-11-25(35-29)19-27-13-17-31(37-27)34(24-9-5-22(2)6-10-24)32-18-14-28(38-32)20-26-12-16-30(33)36-26/h3-13,15-17,19-20,36-37H,14,18H2,1-2H3. The van der Waals surface area contributed by atoms with Crippen LogP contribution >= 0.6 is 0 Å². The Balaban J connectivity index is 1.55. The molecule has 3 aromatic heterocycles. The van der Waals surface area contributed by atoms with E-state index in [4.69, 9.17) is 9.97 Å². The van der Waals surface area contributed by atoms with Crippen LogP contribution in [-0.4, -0.2) is 19.9 Å². The summed E-state index contributed by atoms with van der Waals surface area (Å²) in [5.74, 6) is 0. The summed E-state index contributed by atoms with van der Waals surface area (Å²) in [6.45, 7) is 4.24. The van der Waals surface area contributed by atoms with E-state index in [-0.39, 0.29) is 0 Å². The van der Waals surface area contributed by atoms with Gasteiger partial charge in [-0.15, -0.1) is 0 Å². The fourth-order valence-corrected chi connectivity index (χ4v) is 5.40. The van der Waals surface area contributed by atoms with E-state index in [9.17, 15) is 0 Å². The zero-order valence-corrected chi connectivity index (χ0v) is 21.5. The van der Waals surface area contributed by atoms with E-state index in [1.54, 1.807) is 0 Å². The van der Waals surface area contributed by atoms with Gasteiger partial charge in [0, 0.05) is 38.9 Å². The molecule has 0 saturated heterocycles. The third kappa shape index (κ3) is 4.14. The molecule has 38 heavy (non-hydrogen) atoms. The molecule has 2 N–H and O–H groups in total. The first-order valence-corrected chi connectivity index (χ1v) is 13.1. The molecule has 0 saturated carbocycles. The Bertz CT molecular complexity index is 1870. The fraction of sp³-hybridized carbons (Fsp3) is 0.118. The number of hydrogen-bond donors (Lipinski definition) is 2. The molecule has 4 nitrogen and oxygen atoms in total. The highest BCUT2D eigenvalue weighted by molar-refractivity contribution is 5.91. The molecular formula is C34H28N4. The smallest absolute Gasteiger partial charge is 0.0736 e. The van der Waals surface area contributed by atoms with Crippen LogP contribution in [-0.2, 0) is 12.8 Å². The summed E-state index contributed by atoms with van der Waals surface area (Å²) in [5.41, 5.74) is 15.4. The van der Waals surface area contributed by atoms with Gasteiger partial charge in [0.2, 0.25) is 0 Å². The van der Waals surface area contributed by atoms with Crippen LogP contribution in [0.3, 0.4) is 0 Å². The minimum Gasteiger partial charge on any atom is -0.355 e. The van der Waals surface area contributed by atoms with Crippen molar-refractivity contribution >= 4 is 34.2 Å². The summed E-state index contributed by atoms with van der Waals surface area (Å²) in [6, 6.07) is 30.3. The molecule has 5 aromatic rings. The van der Waals surface area contributed by atoms with Gasteiger partial charge < -0.3 is 9.97 Å². The zero-order chi connectivity index (χ0) is 25.6. The van der Waals surface area contributed by atoms with E-state index in [1.165, 1.54) is 22.3 Å². The number of benzene rings is 2. The van der Waals surface area contributed by atoms with E-state index in [0.717, 1.165) is 68.8 Å². The number of H-pyrrole nitrogens is 2. The number of aromatic amines is 2. The summed E-state index contributed by atoms with van der Waals surface area (Å²) in [5, 5.41) is 0. The second-order valence-corrected chi connectivity index (χ2v) is 10.2. The third-order valence-corrected chi connectivity index (χ3v) is 7.36. The van der Waals surface area contributed by atoms with Crippen LogP contribution in [0.25, 0.3) is 56.5 Å². The lowest BCUT2D eigenvalue weighted by atomic mass is 10.0. The molecule has 5 heterocycles. The lowest BCUT2D eigenvalue weighted by Crippen LogP contribution is -1.88. The lowest BCUT2D eigenvalue weighted by molar-refractivity contribution is 1.03. The van der Waals surface area contributed by atoms with E-state index >= 15 is 0 Å². The average Bonchev–Trinajstić information content (AvgIpc) is 3.72. The quantitative estimate of drug-likeness (QED) is 0.256. The Morgan fingerprint density at radius 2 is 1.18 bits per heavy atom. The molecule has 2 aromatic carbocycles. The van der Waals surface area contributed by atoms with Gasteiger partial charge in [-0.3, -0.25) is 4.98 Å². The second-order valence-electron chi connectivity index (χ2n) is 10.2. The van der Waals surface area contributed by atoms with Crippen molar-refractivity contribution in [2.45, 2.75) is 26.7 Å². The normalized spacial score (nSPS) is 12.7. The summed E-state index contributed by atoms with van der Waals surface area (Å²) in [7, 11) is 0. The molecule has 0 radical (unpaired) electrons. The molecule has 2 aliphatic heterocycles. The van der Waals surface area contributed by atoms with Crippen LogP contribution in [0.15, 0.2) is 84.9 Å². The highest BCUT2D eigenvalue weighted by Crippen LogP contribution is 2.32. The number of aromatic nitrogens is 4. The molecule has 0 fully saturated rings. The van der Waals surface area contributed by atoms with Crippen molar-refractivity contribution in [3.8, 4) is 22.3 Å². The minimum absolute atomic E-state index is 0.911. The maximum absolute atomic E-state index is 5.13. The van der Waals surface area contributed by atoms with Crippen LogP contribution in [0.4, 0.5) is 0 Å². The number of hydrogen-bond acceptors (Lipinski definition) is 2. The van der Waals surface area contributed by atoms with Crippen molar-refractivity contribution < 1.29 is 0 Å². The van der Waals surface area contributed by atoms with E-state index < -0.39 is 0 Å². The van der Waals surface area contributed by atoms with Gasteiger partial charge in [0.1, 0.15) is 0 Å². The average molecular weight is 493 g/mol. The molecule has 0 unspecified atom stereocenters. The van der Waals surface area contributed by atoms with Crippen LogP contribution < -0.4 is 0 Å². The second kappa shape index (κ2) is 9.00. The van der Waals surface area contributed by atoms with Gasteiger partial charge in [-0.05, 0) is 86.4 Å². The van der Waals surface area contributed by atoms with Crippen molar-refractivity contribution in [1.82, 2.24) is 19.9 Å². The Kier molecular flexibility index (Phi) is 5.33. The third-order valence-electron chi connectivity index (χ3n) is 7.36. The first kappa shape index (κ1) is 22.5. The van der Waals surface area contributed by atoms with Gasteiger partial charge in [0.05, 0.1) is 17.1 Å². The number of nitrogens with one attached hydrogen (secondary N) is 2. The number of nitrogens with zero attached hydrogens (tertiary/aromatic N) is 2. The van der Waals surface area contributed by atoms with Gasteiger partial charge in [-0.2, -0.15) is 0 Å². The Labute approximate surface area is 221 Å². The first-order valence-electron chi connectivity index (χ1n) is 13.1. The zero-order valence-electron chi connectivity index (χ0n) is 21.5. The Morgan fingerprint density at radius 3 is 1.87 bits per heavy atom. The van der Waals surface area contributed by atoms with Crippen LogP contribution in [0.5, 0.6) is 0 Å². The highest BCUT2D eigenvalue weighted by Gasteiger charge is 2.15. The van der Waals surface area contributed by atoms with Gasteiger partial charge in [-0.25, -0.2) is 4.98 Å². The maximum atomic E-state index is 5.13. The summed E-state index contributed by atoms with van der Waals surface area (Å²) in [6.07, 6.45) is 6.03. The molecular weight excluding hydrogens is 464 g/mol. The van der Waals surface area contributed by atoms with E-state index in [2.05, 4.69) is 121 Å². The topological polar surface area (TPSA) is 57.4 Å². The van der Waals surface area contributed by atoms with Crippen LogP contribution in [0, 0.1) is 13.8 Å². The molecule has 4 heteroatoms. The van der Waals surface area contributed by atoms with Crippen LogP contribution in [0.1, 0.15) is 33.9 Å². The van der Waals surface area contributed by atoms with Crippen molar-refractivity contribution in [2.75, 3.05) is 0 Å². The Morgan fingerprint density at radius 1 is 0.579 bits per heavy atom. The first-order chi connectivity index (χ1) is 18.6. The molecule has 7 rings (SSSR count). The number of rotatable bonds is 2. The SMILES string of the molecule is Cc1ccc(-c2c3nc(cc4ccc([nH]4)c(-c4ccc(C)cc4)c4nc(cc5ccc2[nH]5)CC4)C=C3)cc1. The van der Waals surface area contributed by atoms with Crippen LogP contribution in [0.2, 0.25) is 0 Å². The van der Waals surface area contributed by atoms with Crippen molar-refractivity contribution in [1.29, 1.82) is 0 Å². The predicted molar refractivity (Wildman–Crippen MR) is 158 cm³/mol. The van der Waals surface area contributed by atoms with Gasteiger partial charge in [0.15, 0.2) is 0 Å². The molecule has 2 aliphatic rings. The highest BCUT2D eigenvalue weighted by atomic mass is 14.8. The molecule has 0 amide bonds.